The number of aromatic nitrogens is 2. The minimum atomic E-state index is 0.301. The van der Waals surface area contributed by atoms with Gasteiger partial charge in [-0.25, -0.2) is 0 Å². The molecular formula is C11H18N2OS. The van der Waals surface area contributed by atoms with E-state index in [1.165, 1.54) is 0 Å². The van der Waals surface area contributed by atoms with Crippen LogP contribution in [0.25, 0.3) is 0 Å². The van der Waals surface area contributed by atoms with Crippen LogP contribution in [-0.4, -0.2) is 27.6 Å². The SMILES string of the molecule is CCc1cc(CC(=O)CCSC)n(C)n1. The van der Waals surface area contributed by atoms with Crippen molar-refractivity contribution < 1.29 is 4.79 Å². The lowest BCUT2D eigenvalue weighted by Crippen LogP contribution is -2.08. The number of carbonyl (C=O) groups excluding carboxylic acids is 1. The Hall–Kier alpha value is -0.770. The molecule has 0 aliphatic rings. The molecule has 4 heteroatoms. The molecule has 0 radical (unpaired) electrons. The second-order valence-corrected chi connectivity index (χ2v) is 4.55. The van der Waals surface area contributed by atoms with Gasteiger partial charge in [0.15, 0.2) is 0 Å². The van der Waals surface area contributed by atoms with E-state index in [2.05, 4.69) is 12.0 Å². The second-order valence-electron chi connectivity index (χ2n) is 3.56. The molecule has 0 aliphatic carbocycles. The van der Waals surface area contributed by atoms with Crippen molar-refractivity contribution >= 4 is 17.5 Å². The summed E-state index contributed by atoms with van der Waals surface area (Å²) in [5.74, 6) is 1.21. The van der Waals surface area contributed by atoms with Gasteiger partial charge in [0.1, 0.15) is 5.78 Å². The number of nitrogens with zero attached hydrogens (tertiary/aromatic N) is 2. The number of ketones is 1. The fourth-order valence-corrected chi connectivity index (χ4v) is 1.85. The van der Waals surface area contributed by atoms with E-state index in [0.29, 0.717) is 18.6 Å². The Kier molecular flexibility index (Phi) is 4.88. The van der Waals surface area contributed by atoms with Crippen LogP contribution < -0.4 is 0 Å². The Morgan fingerprint density at radius 3 is 2.87 bits per heavy atom. The van der Waals surface area contributed by atoms with Crippen molar-refractivity contribution in [3.63, 3.8) is 0 Å². The molecule has 15 heavy (non-hydrogen) atoms. The smallest absolute Gasteiger partial charge is 0.139 e. The highest BCUT2D eigenvalue weighted by atomic mass is 32.2. The van der Waals surface area contributed by atoms with Crippen LogP contribution in [0.1, 0.15) is 24.7 Å². The van der Waals surface area contributed by atoms with Crippen LogP contribution in [0.5, 0.6) is 0 Å². The van der Waals surface area contributed by atoms with E-state index in [-0.39, 0.29) is 0 Å². The van der Waals surface area contributed by atoms with Gasteiger partial charge in [0.2, 0.25) is 0 Å². The molecule has 1 aromatic rings. The number of rotatable bonds is 6. The molecule has 0 N–H and O–H groups in total. The number of aryl methyl sites for hydroxylation is 2. The first-order valence-corrected chi connectivity index (χ1v) is 6.59. The second kappa shape index (κ2) is 5.95. The molecule has 0 saturated carbocycles. The van der Waals surface area contributed by atoms with E-state index in [1.54, 1.807) is 11.8 Å². The van der Waals surface area contributed by atoms with Crippen molar-refractivity contribution in [1.82, 2.24) is 9.78 Å². The molecular weight excluding hydrogens is 208 g/mol. The average Bonchev–Trinajstić information content (AvgIpc) is 2.57. The van der Waals surface area contributed by atoms with Crippen LogP contribution in [0.4, 0.5) is 0 Å². The molecule has 84 valence electrons. The lowest BCUT2D eigenvalue weighted by atomic mass is 10.1. The van der Waals surface area contributed by atoms with Crippen LogP contribution in [0.3, 0.4) is 0 Å². The first-order valence-electron chi connectivity index (χ1n) is 5.19. The Morgan fingerprint density at radius 2 is 2.33 bits per heavy atom. The fraction of sp³-hybridized carbons (Fsp3) is 0.636. The van der Waals surface area contributed by atoms with E-state index >= 15 is 0 Å². The summed E-state index contributed by atoms with van der Waals surface area (Å²) in [7, 11) is 1.90. The summed E-state index contributed by atoms with van der Waals surface area (Å²) in [6, 6.07) is 2.02. The maximum Gasteiger partial charge on any atom is 0.139 e. The Morgan fingerprint density at radius 1 is 1.60 bits per heavy atom. The quantitative estimate of drug-likeness (QED) is 0.742. The van der Waals surface area contributed by atoms with Gasteiger partial charge in [-0.2, -0.15) is 16.9 Å². The van der Waals surface area contributed by atoms with Gasteiger partial charge in [0.05, 0.1) is 5.69 Å². The number of thioether (sulfide) groups is 1. The summed E-state index contributed by atoms with van der Waals surface area (Å²) in [4.78, 5) is 11.6. The molecule has 1 rings (SSSR count). The van der Waals surface area contributed by atoms with Crippen molar-refractivity contribution in [3.05, 3.63) is 17.5 Å². The van der Waals surface area contributed by atoms with E-state index in [1.807, 2.05) is 24.1 Å². The van der Waals surface area contributed by atoms with Crippen LogP contribution in [0, 0.1) is 0 Å². The summed E-state index contributed by atoms with van der Waals surface area (Å²) < 4.78 is 1.82. The minimum absolute atomic E-state index is 0.301. The number of Topliss-reactive ketones (excluding diaryl/α,β-unsaturated/α-hetero) is 1. The zero-order valence-electron chi connectivity index (χ0n) is 9.62. The molecule has 0 spiro atoms. The molecule has 1 aromatic heterocycles. The van der Waals surface area contributed by atoms with Gasteiger partial charge in [-0.3, -0.25) is 9.48 Å². The molecule has 0 saturated heterocycles. The molecule has 0 atom stereocenters. The minimum Gasteiger partial charge on any atom is -0.299 e. The summed E-state index contributed by atoms with van der Waals surface area (Å²) in [5.41, 5.74) is 2.09. The van der Waals surface area contributed by atoms with Crippen molar-refractivity contribution in [2.45, 2.75) is 26.2 Å². The summed E-state index contributed by atoms with van der Waals surface area (Å²) in [5, 5.41) is 4.32. The Bertz CT molecular complexity index is 333. The van der Waals surface area contributed by atoms with Gasteiger partial charge < -0.3 is 0 Å². The van der Waals surface area contributed by atoms with Gasteiger partial charge in [0, 0.05) is 25.6 Å². The van der Waals surface area contributed by atoms with Crippen molar-refractivity contribution in [1.29, 1.82) is 0 Å². The largest absolute Gasteiger partial charge is 0.299 e. The van der Waals surface area contributed by atoms with Crippen molar-refractivity contribution in [3.8, 4) is 0 Å². The third kappa shape index (κ3) is 3.70. The van der Waals surface area contributed by atoms with E-state index in [4.69, 9.17) is 0 Å². The lowest BCUT2D eigenvalue weighted by molar-refractivity contribution is -0.118. The monoisotopic (exact) mass is 226 g/mol. The summed E-state index contributed by atoms with van der Waals surface area (Å²) in [6.45, 7) is 2.07. The maximum atomic E-state index is 11.6. The van der Waals surface area contributed by atoms with Crippen LogP contribution >= 0.6 is 11.8 Å². The molecule has 0 unspecified atom stereocenters. The number of hydrogen-bond acceptors (Lipinski definition) is 3. The molecule has 3 nitrogen and oxygen atoms in total. The van der Waals surface area contributed by atoms with Gasteiger partial charge in [-0.1, -0.05) is 6.92 Å². The lowest BCUT2D eigenvalue weighted by Gasteiger charge is -2.00. The molecule has 0 bridgehead atoms. The van der Waals surface area contributed by atoms with Crippen LogP contribution in [0.2, 0.25) is 0 Å². The normalized spacial score (nSPS) is 10.6. The highest BCUT2D eigenvalue weighted by molar-refractivity contribution is 7.98. The van der Waals surface area contributed by atoms with Crippen molar-refractivity contribution in [2.24, 2.45) is 7.05 Å². The zero-order valence-corrected chi connectivity index (χ0v) is 10.4. The maximum absolute atomic E-state index is 11.6. The average molecular weight is 226 g/mol. The fourth-order valence-electron chi connectivity index (χ4n) is 1.42. The standard InChI is InChI=1S/C11H18N2OS/c1-4-9-7-10(13(2)12-9)8-11(14)5-6-15-3/h7H,4-6,8H2,1-3H3. The third-order valence-corrected chi connectivity index (χ3v) is 2.97. The number of carbonyl (C=O) groups is 1. The Labute approximate surface area is 95.2 Å². The summed E-state index contributed by atoms with van der Waals surface area (Å²) >= 11 is 1.71. The third-order valence-electron chi connectivity index (χ3n) is 2.35. The molecule has 0 aliphatic heterocycles. The zero-order chi connectivity index (χ0) is 11.3. The van der Waals surface area contributed by atoms with Gasteiger partial charge in [0.25, 0.3) is 0 Å². The first-order chi connectivity index (χ1) is 7.17. The van der Waals surface area contributed by atoms with Crippen LogP contribution in [0.15, 0.2) is 6.07 Å². The summed E-state index contributed by atoms with van der Waals surface area (Å²) in [6.07, 6.45) is 4.12. The van der Waals surface area contributed by atoms with Gasteiger partial charge in [-0.15, -0.1) is 0 Å². The number of hydrogen-bond donors (Lipinski definition) is 0. The van der Waals surface area contributed by atoms with E-state index in [0.717, 1.165) is 23.6 Å². The topological polar surface area (TPSA) is 34.9 Å². The Balaban J connectivity index is 2.55. The van der Waals surface area contributed by atoms with Crippen molar-refractivity contribution in [2.75, 3.05) is 12.0 Å². The predicted molar refractivity (Wildman–Crippen MR) is 64.3 cm³/mol. The van der Waals surface area contributed by atoms with E-state index < -0.39 is 0 Å². The first kappa shape index (κ1) is 12.3. The predicted octanol–water partition coefficient (Wildman–Crippen LogP) is 1.85. The van der Waals surface area contributed by atoms with Gasteiger partial charge in [-0.05, 0) is 24.5 Å². The van der Waals surface area contributed by atoms with Crippen LogP contribution in [-0.2, 0) is 24.7 Å². The molecule has 0 aromatic carbocycles. The molecule has 1 heterocycles. The van der Waals surface area contributed by atoms with Gasteiger partial charge >= 0.3 is 0 Å². The molecule has 0 amide bonds. The van der Waals surface area contributed by atoms with E-state index in [9.17, 15) is 4.79 Å². The highest BCUT2D eigenvalue weighted by Gasteiger charge is 2.08. The molecule has 0 fully saturated rings. The highest BCUT2D eigenvalue weighted by Crippen LogP contribution is 2.07.